The summed E-state index contributed by atoms with van der Waals surface area (Å²) in [5.41, 5.74) is 5.09. The summed E-state index contributed by atoms with van der Waals surface area (Å²) in [5, 5.41) is 0. The molecule has 0 saturated carbocycles. The van der Waals surface area contributed by atoms with Crippen LogP contribution >= 0.6 is 15.9 Å². The average Bonchev–Trinajstić information content (AvgIpc) is 2.41. The lowest BCUT2D eigenvalue weighted by atomic mass is 10.0. The highest BCUT2D eigenvalue weighted by atomic mass is 79.9. The Morgan fingerprint density at radius 3 is 2.26 bits per heavy atom. The lowest BCUT2D eigenvalue weighted by Gasteiger charge is -2.15. The van der Waals surface area contributed by atoms with Gasteiger partial charge in [-0.15, -0.1) is 0 Å². The van der Waals surface area contributed by atoms with Gasteiger partial charge in [0, 0.05) is 10.4 Å². The minimum Gasteiger partial charge on any atom is -0.496 e. The van der Waals surface area contributed by atoms with Gasteiger partial charge in [-0.3, -0.25) is 0 Å². The normalized spacial score (nSPS) is 12.2. The second kappa shape index (κ2) is 6.25. The molecule has 0 spiro atoms. The smallest absolute Gasteiger partial charge is 0.123 e. The van der Waals surface area contributed by atoms with Gasteiger partial charge in [-0.25, -0.2) is 0 Å². The van der Waals surface area contributed by atoms with Crippen LogP contribution in [0.2, 0.25) is 0 Å². The van der Waals surface area contributed by atoms with Crippen molar-refractivity contribution in [1.29, 1.82) is 0 Å². The van der Waals surface area contributed by atoms with Gasteiger partial charge in [0.05, 0.1) is 7.11 Å². The summed E-state index contributed by atoms with van der Waals surface area (Å²) in [6, 6.07) is 15.0. The summed E-state index contributed by atoms with van der Waals surface area (Å²) in [6.45, 7) is 4.22. The highest BCUT2D eigenvalue weighted by Gasteiger charge is 2.14. The molecule has 0 heterocycles. The van der Waals surface area contributed by atoms with Gasteiger partial charge in [-0.1, -0.05) is 63.5 Å². The van der Waals surface area contributed by atoms with Crippen molar-refractivity contribution in [3.63, 3.8) is 0 Å². The summed E-state index contributed by atoms with van der Waals surface area (Å²) in [5.74, 6) is 0.944. The van der Waals surface area contributed by atoms with Crippen molar-refractivity contribution in [2.45, 2.75) is 25.1 Å². The molecule has 0 aliphatic carbocycles. The first-order valence-electron chi connectivity index (χ1n) is 6.44. The van der Waals surface area contributed by atoms with Gasteiger partial charge in [0.25, 0.3) is 0 Å². The van der Waals surface area contributed by atoms with E-state index >= 15 is 0 Å². The predicted molar refractivity (Wildman–Crippen MR) is 84.3 cm³/mol. The second-order valence-electron chi connectivity index (χ2n) is 4.90. The minimum absolute atomic E-state index is 0.269. The molecular formula is C17H19BrO. The maximum atomic E-state index is 5.45. The van der Waals surface area contributed by atoms with Crippen molar-refractivity contribution in [3.05, 3.63) is 64.7 Å². The van der Waals surface area contributed by atoms with Crippen molar-refractivity contribution in [2.24, 2.45) is 0 Å². The number of hydrogen-bond acceptors (Lipinski definition) is 1. The second-order valence-corrected chi connectivity index (χ2v) is 6.01. The fraction of sp³-hybridized carbons (Fsp3) is 0.294. The Bertz CT molecular complexity index is 546. The topological polar surface area (TPSA) is 9.23 Å². The van der Waals surface area contributed by atoms with Crippen molar-refractivity contribution in [1.82, 2.24) is 0 Å². The Morgan fingerprint density at radius 1 is 1.00 bits per heavy atom. The molecule has 0 aliphatic rings. The molecule has 100 valence electrons. The van der Waals surface area contributed by atoms with Gasteiger partial charge < -0.3 is 4.74 Å². The third-order valence-corrected chi connectivity index (χ3v) is 4.08. The van der Waals surface area contributed by atoms with E-state index in [1.165, 1.54) is 22.3 Å². The van der Waals surface area contributed by atoms with E-state index in [1.54, 1.807) is 7.11 Å². The molecule has 0 aliphatic heterocycles. The molecule has 2 aromatic carbocycles. The van der Waals surface area contributed by atoms with E-state index < -0.39 is 0 Å². The third-order valence-electron chi connectivity index (χ3n) is 3.26. The molecule has 0 saturated heterocycles. The molecule has 1 atom stereocenters. The van der Waals surface area contributed by atoms with Crippen LogP contribution in [0.4, 0.5) is 0 Å². The van der Waals surface area contributed by atoms with Crippen LogP contribution in [0.25, 0.3) is 0 Å². The quantitative estimate of drug-likeness (QED) is 0.721. The Kier molecular flexibility index (Phi) is 4.65. The van der Waals surface area contributed by atoms with Crippen LogP contribution in [-0.2, 0) is 6.42 Å². The molecule has 0 bridgehead atoms. The molecule has 2 aromatic rings. The molecule has 0 radical (unpaired) electrons. The summed E-state index contributed by atoms with van der Waals surface area (Å²) in [7, 11) is 1.72. The SMILES string of the molecule is COc1ccc(C)cc1C(Br)Cc1ccc(C)cc1. The van der Waals surface area contributed by atoms with E-state index in [0.717, 1.165) is 12.2 Å². The third kappa shape index (κ3) is 3.60. The zero-order valence-corrected chi connectivity index (χ0v) is 13.2. The van der Waals surface area contributed by atoms with E-state index in [1.807, 2.05) is 6.07 Å². The van der Waals surface area contributed by atoms with Crippen LogP contribution in [0, 0.1) is 13.8 Å². The molecular weight excluding hydrogens is 300 g/mol. The first-order chi connectivity index (χ1) is 9.10. The number of rotatable bonds is 4. The van der Waals surface area contributed by atoms with E-state index in [9.17, 15) is 0 Å². The highest BCUT2D eigenvalue weighted by Crippen LogP contribution is 2.34. The van der Waals surface area contributed by atoms with Crippen LogP contribution in [0.5, 0.6) is 5.75 Å². The van der Waals surface area contributed by atoms with Crippen LogP contribution in [0.1, 0.15) is 27.1 Å². The maximum absolute atomic E-state index is 5.45. The number of aryl methyl sites for hydroxylation is 2. The lowest BCUT2D eigenvalue weighted by molar-refractivity contribution is 0.409. The molecule has 0 amide bonds. The Hall–Kier alpha value is -1.28. The zero-order valence-electron chi connectivity index (χ0n) is 11.6. The first-order valence-corrected chi connectivity index (χ1v) is 7.36. The van der Waals surface area contributed by atoms with Crippen LogP contribution in [0.3, 0.4) is 0 Å². The molecule has 0 N–H and O–H groups in total. The van der Waals surface area contributed by atoms with E-state index in [4.69, 9.17) is 4.74 Å². The van der Waals surface area contributed by atoms with Gasteiger partial charge in [0.2, 0.25) is 0 Å². The van der Waals surface area contributed by atoms with Gasteiger partial charge in [-0.2, -0.15) is 0 Å². The largest absolute Gasteiger partial charge is 0.496 e. The standard InChI is InChI=1S/C17H19BrO/c1-12-4-7-14(8-5-12)11-16(18)15-10-13(2)6-9-17(15)19-3/h4-10,16H,11H2,1-3H3. The van der Waals surface area contributed by atoms with Gasteiger partial charge in [-0.05, 0) is 31.9 Å². The Morgan fingerprint density at radius 2 is 1.63 bits per heavy atom. The lowest BCUT2D eigenvalue weighted by Crippen LogP contribution is -1.99. The average molecular weight is 319 g/mol. The van der Waals surface area contributed by atoms with Crippen LogP contribution in [0.15, 0.2) is 42.5 Å². The summed E-state index contributed by atoms with van der Waals surface area (Å²) in [4.78, 5) is 0.269. The number of alkyl halides is 1. The molecule has 2 heteroatoms. The predicted octanol–water partition coefficient (Wildman–Crippen LogP) is 4.99. The van der Waals surface area contributed by atoms with Gasteiger partial charge in [0.1, 0.15) is 5.75 Å². The van der Waals surface area contributed by atoms with E-state index in [-0.39, 0.29) is 4.83 Å². The number of halogens is 1. The molecule has 19 heavy (non-hydrogen) atoms. The Labute approximate surface area is 123 Å². The maximum Gasteiger partial charge on any atom is 0.123 e. The van der Waals surface area contributed by atoms with E-state index in [0.29, 0.717) is 0 Å². The number of ether oxygens (including phenoxy) is 1. The van der Waals surface area contributed by atoms with Gasteiger partial charge >= 0.3 is 0 Å². The van der Waals surface area contributed by atoms with Crippen molar-refractivity contribution in [2.75, 3.05) is 7.11 Å². The monoisotopic (exact) mass is 318 g/mol. The molecule has 2 rings (SSSR count). The van der Waals surface area contributed by atoms with E-state index in [2.05, 4.69) is 66.2 Å². The minimum atomic E-state index is 0.269. The Balaban J connectivity index is 2.21. The fourth-order valence-electron chi connectivity index (χ4n) is 2.14. The molecule has 1 unspecified atom stereocenters. The van der Waals surface area contributed by atoms with Crippen LogP contribution < -0.4 is 4.74 Å². The molecule has 0 aromatic heterocycles. The van der Waals surface area contributed by atoms with Crippen molar-refractivity contribution in [3.8, 4) is 5.75 Å². The number of hydrogen-bond donors (Lipinski definition) is 0. The zero-order chi connectivity index (χ0) is 13.8. The first kappa shape index (κ1) is 14.1. The number of methoxy groups -OCH3 is 1. The number of benzene rings is 2. The summed E-state index contributed by atoms with van der Waals surface area (Å²) in [6.07, 6.45) is 0.958. The highest BCUT2D eigenvalue weighted by molar-refractivity contribution is 9.09. The summed E-state index contributed by atoms with van der Waals surface area (Å²) >= 11 is 3.79. The molecule has 0 fully saturated rings. The fourth-order valence-corrected chi connectivity index (χ4v) is 2.87. The molecule has 1 nitrogen and oxygen atoms in total. The van der Waals surface area contributed by atoms with Crippen LogP contribution in [-0.4, -0.2) is 7.11 Å². The van der Waals surface area contributed by atoms with Gasteiger partial charge in [0.15, 0.2) is 0 Å². The summed E-state index contributed by atoms with van der Waals surface area (Å²) < 4.78 is 5.45. The van der Waals surface area contributed by atoms with Crippen molar-refractivity contribution < 1.29 is 4.74 Å². The van der Waals surface area contributed by atoms with Crippen molar-refractivity contribution >= 4 is 15.9 Å².